The van der Waals surface area contributed by atoms with Gasteiger partial charge in [0.1, 0.15) is 5.82 Å². The Morgan fingerprint density at radius 1 is 1.44 bits per heavy atom. The highest BCUT2D eigenvalue weighted by Gasteiger charge is 2.22. The molecule has 0 radical (unpaired) electrons. The Morgan fingerprint density at radius 2 is 2.12 bits per heavy atom. The lowest BCUT2D eigenvalue weighted by atomic mass is 9.94. The van der Waals surface area contributed by atoms with E-state index >= 15 is 0 Å². The second-order valence-electron chi connectivity index (χ2n) is 4.25. The van der Waals surface area contributed by atoms with E-state index in [1.807, 2.05) is 13.8 Å². The van der Waals surface area contributed by atoms with Gasteiger partial charge in [0, 0.05) is 17.2 Å². The van der Waals surface area contributed by atoms with Crippen LogP contribution in [0.5, 0.6) is 0 Å². The topological polar surface area (TPSA) is 32.3 Å². The molecule has 2 nitrogen and oxygen atoms in total. The van der Waals surface area contributed by atoms with Crippen molar-refractivity contribution in [1.29, 1.82) is 0 Å². The van der Waals surface area contributed by atoms with Crippen LogP contribution < -0.4 is 5.32 Å². The molecule has 90 valence electrons. The van der Waals surface area contributed by atoms with Crippen molar-refractivity contribution in [1.82, 2.24) is 5.32 Å². The number of aliphatic hydroxyl groups excluding tert-OH is 1. The maximum atomic E-state index is 12.9. The fourth-order valence-electron chi connectivity index (χ4n) is 1.57. The first-order valence-electron chi connectivity index (χ1n) is 5.29. The Morgan fingerprint density at radius 3 is 2.69 bits per heavy atom. The molecular weight excluding hydrogens is 229 g/mol. The van der Waals surface area contributed by atoms with Crippen LogP contribution in [0.2, 0.25) is 5.02 Å². The smallest absolute Gasteiger partial charge is 0.124 e. The van der Waals surface area contributed by atoms with Crippen LogP contribution in [0.3, 0.4) is 0 Å². The highest BCUT2D eigenvalue weighted by atomic mass is 35.5. The summed E-state index contributed by atoms with van der Waals surface area (Å²) in [5, 5.41) is 12.4. The molecule has 16 heavy (non-hydrogen) atoms. The molecule has 1 aromatic carbocycles. The van der Waals surface area contributed by atoms with Gasteiger partial charge in [-0.25, -0.2) is 4.39 Å². The van der Waals surface area contributed by atoms with E-state index < -0.39 is 0 Å². The molecule has 1 aromatic rings. The number of rotatable bonds is 5. The summed E-state index contributed by atoms with van der Waals surface area (Å²) in [6, 6.07) is 4.40. The summed E-state index contributed by atoms with van der Waals surface area (Å²) in [4.78, 5) is 0. The summed E-state index contributed by atoms with van der Waals surface area (Å²) in [6.45, 7) is 4.80. The molecule has 0 heterocycles. The van der Waals surface area contributed by atoms with E-state index in [0.29, 0.717) is 18.0 Å². The monoisotopic (exact) mass is 245 g/mol. The summed E-state index contributed by atoms with van der Waals surface area (Å²) in [5.41, 5.74) is 0.522. The zero-order valence-electron chi connectivity index (χ0n) is 9.56. The molecule has 0 bridgehead atoms. The molecule has 0 saturated carbocycles. The standard InChI is InChI=1S/C12H17ClFNO/c1-12(2,15-6-3-7-16)10-5-4-9(14)8-11(10)13/h4-5,8,15-16H,3,6-7H2,1-2H3. The van der Waals surface area contributed by atoms with E-state index in [4.69, 9.17) is 16.7 Å². The van der Waals surface area contributed by atoms with Crippen LogP contribution >= 0.6 is 11.6 Å². The Balaban J connectivity index is 2.80. The average Bonchev–Trinajstić information content (AvgIpc) is 2.17. The van der Waals surface area contributed by atoms with Crippen molar-refractivity contribution < 1.29 is 9.50 Å². The first-order chi connectivity index (χ1) is 7.47. The molecule has 0 amide bonds. The normalized spacial score (nSPS) is 11.8. The van der Waals surface area contributed by atoms with Gasteiger partial charge in [0.05, 0.1) is 0 Å². The first-order valence-corrected chi connectivity index (χ1v) is 5.66. The van der Waals surface area contributed by atoms with Crippen molar-refractivity contribution in [3.63, 3.8) is 0 Å². The minimum absolute atomic E-state index is 0.153. The van der Waals surface area contributed by atoms with Crippen molar-refractivity contribution in [2.45, 2.75) is 25.8 Å². The molecule has 0 atom stereocenters. The van der Waals surface area contributed by atoms with Crippen LogP contribution in [0.25, 0.3) is 0 Å². The van der Waals surface area contributed by atoms with Gasteiger partial charge in [0.15, 0.2) is 0 Å². The molecule has 1 rings (SSSR count). The Labute approximate surface area is 100 Å². The maximum absolute atomic E-state index is 12.9. The van der Waals surface area contributed by atoms with Crippen LogP contribution in [0.15, 0.2) is 18.2 Å². The van der Waals surface area contributed by atoms with Gasteiger partial charge in [-0.15, -0.1) is 0 Å². The van der Waals surface area contributed by atoms with Gasteiger partial charge < -0.3 is 10.4 Å². The highest BCUT2D eigenvalue weighted by molar-refractivity contribution is 6.31. The Bertz CT molecular complexity index is 355. The first kappa shape index (κ1) is 13.4. The predicted octanol–water partition coefficient (Wildman–Crippen LogP) is 2.69. The third-order valence-corrected chi connectivity index (χ3v) is 2.82. The maximum Gasteiger partial charge on any atom is 0.124 e. The summed E-state index contributed by atoms with van der Waals surface area (Å²) < 4.78 is 12.9. The summed E-state index contributed by atoms with van der Waals surface area (Å²) >= 11 is 6.00. The van der Waals surface area contributed by atoms with Gasteiger partial charge >= 0.3 is 0 Å². The van der Waals surface area contributed by atoms with E-state index in [0.717, 1.165) is 5.56 Å². The van der Waals surface area contributed by atoms with Gasteiger partial charge in [-0.3, -0.25) is 0 Å². The molecule has 0 aliphatic heterocycles. The van der Waals surface area contributed by atoms with Crippen molar-refractivity contribution >= 4 is 11.6 Å². The quantitative estimate of drug-likeness (QED) is 0.782. The van der Waals surface area contributed by atoms with E-state index in [1.165, 1.54) is 12.1 Å². The third kappa shape index (κ3) is 3.44. The second kappa shape index (κ2) is 5.62. The molecule has 0 saturated heterocycles. The fourth-order valence-corrected chi connectivity index (χ4v) is 1.97. The van der Waals surface area contributed by atoms with Crippen molar-refractivity contribution in [2.75, 3.05) is 13.2 Å². The van der Waals surface area contributed by atoms with Crippen molar-refractivity contribution in [2.24, 2.45) is 0 Å². The number of aliphatic hydroxyl groups is 1. The third-order valence-electron chi connectivity index (χ3n) is 2.51. The molecule has 0 aliphatic rings. The molecule has 2 N–H and O–H groups in total. The molecule has 0 unspecified atom stereocenters. The SMILES string of the molecule is CC(C)(NCCCO)c1ccc(F)cc1Cl. The van der Waals surface area contributed by atoms with Gasteiger partial charge in [-0.05, 0) is 44.5 Å². The average molecular weight is 246 g/mol. The van der Waals surface area contributed by atoms with Gasteiger partial charge in [0.25, 0.3) is 0 Å². The van der Waals surface area contributed by atoms with Crippen molar-refractivity contribution in [3.8, 4) is 0 Å². The van der Waals surface area contributed by atoms with Gasteiger partial charge in [-0.1, -0.05) is 17.7 Å². The zero-order valence-corrected chi connectivity index (χ0v) is 10.3. The van der Waals surface area contributed by atoms with Crippen LogP contribution in [0.1, 0.15) is 25.8 Å². The predicted molar refractivity (Wildman–Crippen MR) is 64.1 cm³/mol. The summed E-state index contributed by atoms with van der Waals surface area (Å²) in [7, 11) is 0. The van der Waals surface area contributed by atoms with Crippen LogP contribution in [-0.2, 0) is 5.54 Å². The molecular formula is C12H17ClFNO. The van der Waals surface area contributed by atoms with E-state index in [1.54, 1.807) is 6.07 Å². The van der Waals surface area contributed by atoms with Crippen LogP contribution in [-0.4, -0.2) is 18.3 Å². The van der Waals surface area contributed by atoms with Crippen LogP contribution in [0.4, 0.5) is 4.39 Å². The minimum Gasteiger partial charge on any atom is -0.396 e. The largest absolute Gasteiger partial charge is 0.396 e. The zero-order chi connectivity index (χ0) is 12.2. The van der Waals surface area contributed by atoms with Gasteiger partial charge in [0.2, 0.25) is 0 Å². The van der Waals surface area contributed by atoms with Crippen LogP contribution in [0, 0.1) is 5.82 Å². The number of benzene rings is 1. The summed E-state index contributed by atoms with van der Waals surface area (Å²) in [5.74, 6) is -0.333. The second-order valence-corrected chi connectivity index (χ2v) is 4.66. The highest BCUT2D eigenvalue weighted by Crippen LogP contribution is 2.28. The number of hydrogen-bond donors (Lipinski definition) is 2. The molecule has 0 aliphatic carbocycles. The fraction of sp³-hybridized carbons (Fsp3) is 0.500. The van der Waals surface area contributed by atoms with Gasteiger partial charge in [-0.2, -0.15) is 0 Å². The van der Waals surface area contributed by atoms with Crippen molar-refractivity contribution in [3.05, 3.63) is 34.6 Å². The lowest BCUT2D eigenvalue weighted by molar-refractivity contribution is 0.275. The lowest BCUT2D eigenvalue weighted by Gasteiger charge is -2.28. The molecule has 0 spiro atoms. The lowest BCUT2D eigenvalue weighted by Crippen LogP contribution is -2.37. The van der Waals surface area contributed by atoms with E-state index in [-0.39, 0.29) is 18.0 Å². The number of nitrogens with one attached hydrogen (secondary N) is 1. The van der Waals surface area contributed by atoms with E-state index in [9.17, 15) is 4.39 Å². The number of hydrogen-bond acceptors (Lipinski definition) is 2. The molecule has 4 heteroatoms. The summed E-state index contributed by atoms with van der Waals surface area (Å²) in [6.07, 6.45) is 0.683. The molecule has 0 aromatic heterocycles. The number of halogens is 2. The molecule has 0 fully saturated rings. The Kier molecular flexibility index (Phi) is 4.71. The Hall–Kier alpha value is -0.640. The van der Waals surface area contributed by atoms with E-state index in [2.05, 4.69) is 5.32 Å². The minimum atomic E-state index is -0.333.